The van der Waals surface area contributed by atoms with Crippen LogP contribution in [0.4, 0.5) is 5.69 Å². The average Bonchev–Trinajstić information content (AvgIpc) is 2.49. The Kier molecular flexibility index (Phi) is 3.83. The molecule has 3 nitrogen and oxygen atoms in total. The number of benzene rings is 2. The first-order valence-corrected chi connectivity index (χ1v) is 7.73. The number of fused-ring (bicyclic) bond motifs is 1. The third kappa shape index (κ3) is 2.61. The van der Waals surface area contributed by atoms with E-state index in [2.05, 4.69) is 30.0 Å². The van der Waals surface area contributed by atoms with Crippen LogP contribution in [0, 0.1) is 5.92 Å². The number of hydrogen-bond acceptors (Lipinski definition) is 3. The van der Waals surface area contributed by atoms with Crippen molar-refractivity contribution in [2.45, 2.75) is 19.4 Å². The number of aliphatic hydroxyl groups is 1. The van der Waals surface area contributed by atoms with Crippen LogP contribution in [-0.4, -0.2) is 29.3 Å². The van der Waals surface area contributed by atoms with Crippen molar-refractivity contribution in [1.29, 1.82) is 0 Å². The molecule has 110 valence electrons. The molecule has 3 N–H and O–H groups in total. The summed E-state index contributed by atoms with van der Waals surface area (Å²) in [7, 11) is 0. The van der Waals surface area contributed by atoms with Gasteiger partial charge in [-0.1, -0.05) is 43.4 Å². The van der Waals surface area contributed by atoms with E-state index in [9.17, 15) is 5.11 Å². The highest BCUT2D eigenvalue weighted by molar-refractivity contribution is 7.80. The quantitative estimate of drug-likeness (QED) is 0.837. The molecule has 1 saturated heterocycles. The SMILES string of the molecule is CC1CN(c2ccc(C(N)=S)c3ccccc23)CCC1O. The van der Waals surface area contributed by atoms with Gasteiger partial charge < -0.3 is 15.7 Å². The molecule has 0 aromatic heterocycles. The minimum Gasteiger partial charge on any atom is -0.393 e. The van der Waals surface area contributed by atoms with Crippen LogP contribution in [0.15, 0.2) is 36.4 Å². The summed E-state index contributed by atoms with van der Waals surface area (Å²) in [4.78, 5) is 2.78. The van der Waals surface area contributed by atoms with Gasteiger partial charge in [-0.05, 0) is 29.9 Å². The fourth-order valence-electron chi connectivity index (χ4n) is 3.13. The van der Waals surface area contributed by atoms with E-state index in [0.29, 0.717) is 4.99 Å². The number of anilines is 1. The topological polar surface area (TPSA) is 49.5 Å². The van der Waals surface area contributed by atoms with E-state index in [1.807, 2.05) is 18.2 Å². The van der Waals surface area contributed by atoms with E-state index in [0.717, 1.165) is 30.5 Å². The second-order valence-corrected chi connectivity index (χ2v) is 6.26. The van der Waals surface area contributed by atoms with Gasteiger partial charge in [-0.3, -0.25) is 0 Å². The monoisotopic (exact) mass is 300 g/mol. The molecular weight excluding hydrogens is 280 g/mol. The molecule has 2 atom stereocenters. The van der Waals surface area contributed by atoms with Gasteiger partial charge in [0.05, 0.1) is 6.10 Å². The second-order valence-electron chi connectivity index (χ2n) is 5.82. The molecule has 2 unspecified atom stereocenters. The summed E-state index contributed by atoms with van der Waals surface area (Å²) in [6, 6.07) is 12.3. The van der Waals surface area contributed by atoms with Crippen molar-refractivity contribution in [1.82, 2.24) is 0 Å². The van der Waals surface area contributed by atoms with E-state index >= 15 is 0 Å². The first-order valence-electron chi connectivity index (χ1n) is 7.32. The van der Waals surface area contributed by atoms with Crippen molar-refractivity contribution in [2.75, 3.05) is 18.0 Å². The van der Waals surface area contributed by atoms with Crippen molar-refractivity contribution >= 4 is 33.7 Å². The van der Waals surface area contributed by atoms with Crippen LogP contribution in [0.3, 0.4) is 0 Å². The van der Waals surface area contributed by atoms with Crippen LogP contribution >= 0.6 is 12.2 Å². The maximum atomic E-state index is 9.91. The van der Waals surface area contributed by atoms with Crippen LogP contribution in [0.1, 0.15) is 18.9 Å². The number of piperidine rings is 1. The van der Waals surface area contributed by atoms with Gasteiger partial charge in [0.25, 0.3) is 0 Å². The highest BCUT2D eigenvalue weighted by Crippen LogP contribution is 2.32. The number of thiocarbonyl (C=S) groups is 1. The van der Waals surface area contributed by atoms with Crippen LogP contribution in [0.25, 0.3) is 10.8 Å². The summed E-state index contributed by atoms with van der Waals surface area (Å²) in [5, 5.41) is 12.2. The van der Waals surface area contributed by atoms with Gasteiger partial charge in [-0.2, -0.15) is 0 Å². The van der Waals surface area contributed by atoms with E-state index in [1.165, 1.54) is 11.1 Å². The van der Waals surface area contributed by atoms with Crippen molar-refractivity contribution in [3.8, 4) is 0 Å². The number of hydrogen-bond donors (Lipinski definition) is 2. The fourth-order valence-corrected chi connectivity index (χ4v) is 3.30. The van der Waals surface area contributed by atoms with E-state index in [1.54, 1.807) is 0 Å². The molecule has 1 fully saturated rings. The van der Waals surface area contributed by atoms with Crippen LogP contribution < -0.4 is 10.6 Å². The van der Waals surface area contributed by atoms with Gasteiger partial charge in [-0.25, -0.2) is 0 Å². The lowest BCUT2D eigenvalue weighted by Gasteiger charge is -2.36. The Labute approximate surface area is 130 Å². The third-order valence-corrected chi connectivity index (χ3v) is 4.59. The smallest absolute Gasteiger partial charge is 0.104 e. The van der Waals surface area contributed by atoms with Crippen LogP contribution in [0.5, 0.6) is 0 Å². The van der Waals surface area contributed by atoms with Crippen LogP contribution in [-0.2, 0) is 0 Å². The molecule has 0 bridgehead atoms. The summed E-state index contributed by atoms with van der Waals surface area (Å²) in [5.74, 6) is 0.285. The maximum Gasteiger partial charge on any atom is 0.104 e. The Morgan fingerprint density at radius 3 is 2.62 bits per heavy atom. The van der Waals surface area contributed by atoms with Gasteiger partial charge in [0.2, 0.25) is 0 Å². The Hall–Kier alpha value is -1.65. The van der Waals surface area contributed by atoms with Crippen LogP contribution in [0.2, 0.25) is 0 Å². The van der Waals surface area contributed by atoms with E-state index < -0.39 is 0 Å². The molecule has 2 aromatic carbocycles. The summed E-state index contributed by atoms with van der Waals surface area (Å²) < 4.78 is 0. The molecule has 0 amide bonds. The molecule has 0 spiro atoms. The standard InChI is InChI=1S/C17H20N2OS/c1-11-10-19(9-8-16(11)20)15-7-6-14(17(18)21)12-4-2-3-5-13(12)15/h2-7,11,16,20H,8-10H2,1H3,(H2,18,21). The first-order chi connectivity index (χ1) is 10.1. The molecule has 2 aromatic rings. The van der Waals surface area contributed by atoms with Crippen molar-refractivity contribution in [3.63, 3.8) is 0 Å². The molecule has 1 aliphatic rings. The zero-order valence-electron chi connectivity index (χ0n) is 12.1. The molecule has 21 heavy (non-hydrogen) atoms. The largest absolute Gasteiger partial charge is 0.393 e. The number of nitrogens with zero attached hydrogens (tertiary/aromatic N) is 1. The van der Waals surface area contributed by atoms with Gasteiger partial charge in [0.1, 0.15) is 4.99 Å². The minimum atomic E-state index is -0.191. The van der Waals surface area contributed by atoms with Crippen molar-refractivity contribution in [3.05, 3.63) is 42.0 Å². The van der Waals surface area contributed by atoms with Gasteiger partial charge in [0.15, 0.2) is 0 Å². The summed E-state index contributed by atoms with van der Waals surface area (Å²) >= 11 is 5.15. The molecule has 0 aliphatic carbocycles. The Morgan fingerprint density at radius 1 is 1.24 bits per heavy atom. The zero-order chi connectivity index (χ0) is 15.0. The molecule has 1 heterocycles. The lowest BCUT2D eigenvalue weighted by Crippen LogP contribution is -2.42. The highest BCUT2D eigenvalue weighted by Gasteiger charge is 2.25. The van der Waals surface area contributed by atoms with E-state index in [4.69, 9.17) is 18.0 Å². The molecule has 3 rings (SSSR count). The Morgan fingerprint density at radius 2 is 1.95 bits per heavy atom. The van der Waals surface area contributed by atoms with E-state index in [-0.39, 0.29) is 12.0 Å². The van der Waals surface area contributed by atoms with Gasteiger partial charge >= 0.3 is 0 Å². The average molecular weight is 300 g/mol. The lowest BCUT2D eigenvalue weighted by atomic mass is 9.95. The third-order valence-electron chi connectivity index (χ3n) is 4.37. The molecule has 1 aliphatic heterocycles. The maximum absolute atomic E-state index is 9.91. The molecule has 4 heteroatoms. The lowest BCUT2D eigenvalue weighted by molar-refractivity contribution is 0.0972. The number of aliphatic hydroxyl groups excluding tert-OH is 1. The second kappa shape index (κ2) is 5.62. The van der Waals surface area contributed by atoms with Gasteiger partial charge in [0, 0.05) is 29.7 Å². The highest BCUT2D eigenvalue weighted by atomic mass is 32.1. The predicted molar refractivity (Wildman–Crippen MR) is 91.8 cm³/mol. The number of rotatable bonds is 2. The molecule has 0 saturated carbocycles. The summed E-state index contributed by atoms with van der Waals surface area (Å²) in [6.07, 6.45) is 0.621. The first kappa shape index (κ1) is 14.3. The molecule has 0 radical (unpaired) electrons. The van der Waals surface area contributed by atoms with Gasteiger partial charge in [-0.15, -0.1) is 0 Å². The number of nitrogens with two attached hydrogens (primary N) is 1. The Bertz CT molecular complexity index is 686. The fraction of sp³-hybridized carbons (Fsp3) is 0.353. The predicted octanol–water partition coefficient (Wildman–Crippen LogP) is 2.68. The minimum absolute atomic E-state index is 0.191. The summed E-state index contributed by atoms with van der Waals surface area (Å²) in [5.41, 5.74) is 7.96. The summed E-state index contributed by atoms with van der Waals surface area (Å²) in [6.45, 7) is 3.85. The Balaban J connectivity index is 2.08. The zero-order valence-corrected chi connectivity index (χ0v) is 12.9. The normalized spacial score (nSPS) is 22.5. The molecular formula is C17H20N2OS. The van der Waals surface area contributed by atoms with Crippen molar-refractivity contribution < 1.29 is 5.11 Å². The van der Waals surface area contributed by atoms with Crippen molar-refractivity contribution in [2.24, 2.45) is 11.7 Å².